The van der Waals surface area contributed by atoms with Crippen LogP contribution in [0.25, 0.3) is 0 Å². The van der Waals surface area contributed by atoms with E-state index in [-0.39, 0.29) is 6.10 Å². The maximum Gasteiger partial charge on any atom is 0.119 e. The molecule has 0 saturated heterocycles. The van der Waals surface area contributed by atoms with Crippen molar-refractivity contribution in [2.75, 3.05) is 0 Å². The van der Waals surface area contributed by atoms with Crippen LogP contribution in [0.15, 0.2) is 48.5 Å². The maximum absolute atomic E-state index is 5.71. The molecular formula is C19H21BrO. The number of hydrogen-bond donors (Lipinski definition) is 0. The Kier molecular flexibility index (Phi) is 4.34. The van der Waals surface area contributed by atoms with E-state index in [4.69, 9.17) is 4.74 Å². The number of fused-ring (bicyclic) bond motifs is 1. The third-order valence-electron chi connectivity index (χ3n) is 4.07. The largest absolute Gasteiger partial charge is 0.491 e. The summed E-state index contributed by atoms with van der Waals surface area (Å²) in [7, 11) is 0. The molecule has 2 aromatic carbocycles. The van der Waals surface area contributed by atoms with Gasteiger partial charge in [-0.2, -0.15) is 0 Å². The zero-order chi connectivity index (χ0) is 14.8. The summed E-state index contributed by atoms with van der Waals surface area (Å²) in [5, 5.41) is 0. The van der Waals surface area contributed by atoms with E-state index in [0.717, 1.165) is 18.6 Å². The fraction of sp³-hybridized carbons (Fsp3) is 0.368. The van der Waals surface area contributed by atoms with Gasteiger partial charge in [0.2, 0.25) is 0 Å². The first-order valence-electron chi connectivity index (χ1n) is 7.61. The van der Waals surface area contributed by atoms with E-state index in [0.29, 0.717) is 10.7 Å². The lowest BCUT2D eigenvalue weighted by Crippen LogP contribution is -2.08. The number of halogens is 1. The number of benzene rings is 2. The summed E-state index contributed by atoms with van der Waals surface area (Å²) < 4.78 is 5.71. The second-order valence-electron chi connectivity index (χ2n) is 6.07. The SMILES string of the molecule is CC(C)Oc1ccc(C(Br)C2Cc3ccccc3C2)cc1. The molecule has 0 bridgehead atoms. The van der Waals surface area contributed by atoms with Gasteiger partial charge >= 0.3 is 0 Å². The third kappa shape index (κ3) is 3.32. The van der Waals surface area contributed by atoms with Crippen LogP contribution in [0.3, 0.4) is 0 Å². The van der Waals surface area contributed by atoms with Gasteiger partial charge in [0.1, 0.15) is 5.75 Å². The predicted molar refractivity (Wildman–Crippen MR) is 91.2 cm³/mol. The van der Waals surface area contributed by atoms with Gasteiger partial charge in [-0.25, -0.2) is 0 Å². The summed E-state index contributed by atoms with van der Waals surface area (Å²) in [6.45, 7) is 4.11. The second kappa shape index (κ2) is 6.23. The lowest BCUT2D eigenvalue weighted by atomic mass is 9.96. The van der Waals surface area contributed by atoms with E-state index < -0.39 is 0 Å². The summed E-state index contributed by atoms with van der Waals surface area (Å²) in [4.78, 5) is 0.401. The molecule has 110 valence electrons. The standard InChI is InChI=1S/C19H21BrO/c1-13(2)21-18-9-7-14(8-10-18)19(20)17-11-15-5-3-4-6-16(15)12-17/h3-10,13,17,19H,11-12H2,1-2H3. The predicted octanol–water partition coefficient (Wildman–Crippen LogP) is 5.32. The Morgan fingerprint density at radius 1 is 0.952 bits per heavy atom. The van der Waals surface area contributed by atoms with E-state index in [1.54, 1.807) is 0 Å². The first-order valence-corrected chi connectivity index (χ1v) is 8.52. The van der Waals surface area contributed by atoms with Crippen molar-refractivity contribution in [3.63, 3.8) is 0 Å². The maximum atomic E-state index is 5.71. The van der Waals surface area contributed by atoms with E-state index in [1.165, 1.54) is 16.7 Å². The van der Waals surface area contributed by atoms with Gasteiger partial charge in [0.15, 0.2) is 0 Å². The van der Waals surface area contributed by atoms with Crippen LogP contribution in [0.2, 0.25) is 0 Å². The average molecular weight is 345 g/mol. The summed E-state index contributed by atoms with van der Waals surface area (Å²) in [6.07, 6.45) is 2.55. The van der Waals surface area contributed by atoms with Gasteiger partial charge < -0.3 is 4.74 Å². The summed E-state index contributed by atoms with van der Waals surface area (Å²) in [6, 6.07) is 17.3. The van der Waals surface area contributed by atoms with E-state index in [9.17, 15) is 0 Å². The number of ether oxygens (including phenoxy) is 1. The van der Waals surface area contributed by atoms with Crippen LogP contribution in [-0.2, 0) is 12.8 Å². The van der Waals surface area contributed by atoms with Crippen LogP contribution in [-0.4, -0.2) is 6.10 Å². The monoisotopic (exact) mass is 344 g/mol. The lowest BCUT2D eigenvalue weighted by Gasteiger charge is -2.18. The molecule has 1 unspecified atom stereocenters. The quantitative estimate of drug-likeness (QED) is 0.681. The van der Waals surface area contributed by atoms with Crippen molar-refractivity contribution in [3.05, 3.63) is 65.2 Å². The van der Waals surface area contributed by atoms with E-state index in [2.05, 4.69) is 78.3 Å². The number of alkyl halides is 1. The van der Waals surface area contributed by atoms with Gasteiger partial charge in [-0.05, 0) is 61.4 Å². The summed E-state index contributed by atoms with van der Waals surface area (Å²) >= 11 is 3.91. The Morgan fingerprint density at radius 3 is 2.05 bits per heavy atom. The zero-order valence-electron chi connectivity index (χ0n) is 12.6. The molecule has 21 heavy (non-hydrogen) atoms. The minimum absolute atomic E-state index is 0.222. The Balaban J connectivity index is 1.70. The molecule has 0 heterocycles. The highest BCUT2D eigenvalue weighted by Crippen LogP contribution is 2.40. The van der Waals surface area contributed by atoms with Crippen molar-refractivity contribution in [3.8, 4) is 5.75 Å². The van der Waals surface area contributed by atoms with E-state index >= 15 is 0 Å². The topological polar surface area (TPSA) is 9.23 Å². The van der Waals surface area contributed by atoms with Crippen molar-refractivity contribution in [1.29, 1.82) is 0 Å². The molecule has 2 heteroatoms. The molecule has 1 aliphatic carbocycles. The molecule has 2 aromatic rings. The summed E-state index contributed by atoms with van der Waals surface area (Å²) in [5.74, 6) is 1.59. The molecule has 0 saturated carbocycles. The normalized spacial score (nSPS) is 16.0. The fourth-order valence-electron chi connectivity index (χ4n) is 3.07. The van der Waals surface area contributed by atoms with Gasteiger partial charge in [0.05, 0.1) is 6.10 Å². The molecule has 0 N–H and O–H groups in total. The van der Waals surface area contributed by atoms with Crippen LogP contribution >= 0.6 is 15.9 Å². The molecule has 3 rings (SSSR count). The molecule has 1 nitrogen and oxygen atoms in total. The molecule has 0 amide bonds. The molecular weight excluding hydrogens is 324 g/mol. The van der Waals surface area contributed by atoms with Crippen LogP contribution in [0.4, 0.5) is 0 Å². The Morgan fingerprint density at radius 2 is 1.52 bits per heavy atom. The van der Waals surface area contributed by atoms with Crippen molar-refractivity contribution >= 4 is 15.9 Å². The van der Waals surface area contributed by atoms with E-state index in [1.807, 2.05) is 0 Å². The van der Waals surface area contributed by atoms with Crippen molar-refractivity contribution in [1.82, 2.24) is 0 Å². The average Bonchev–Trinajstić information content (AvgIpc) is 2.90. The van der Waals surface area contributed by atoms with Gasteiger partial charge in [-0.3, -0.25) is 0 Å². The van der Waals surface area contributed by atoms with Crippen LogP contribution in [0.1, 0.15) is 35.4 Å². The molecule has 0 fully saturated rings. The highest BCUT2D eigenvalue weighted by molar-refractivity contribution is 9.09. The van der Waals surface area contributed by atoms with Gasteiger partial charge in [-0.15, -0.1) is 0 Å². The van der Waals surface area contributed by atoms with Gasteiger partial charge in [0.25, 0.3) is 0 Å². The fourth-order valence-corrected chi connectivity index (χ4v) is 3.75. The smallest absolute Gasteiger partial charge is 0.119 e. The Bertz CT molecular complexity index is 578. The molecule has 1 aliphatic rings. The number of hydrogen-bond acceptors (Lipinski definition) is 1. The molecule has 1 atom stereocenters. The van der Waals surface area contributed by atoms with Crippen molar-refractivity contribution < 1.29 is 4.74 Å². The van der Waals surface area contributed by atoms with Crippen molar-refractivity contribution in [2.45, 2.75) is 37.6 Å². The Labute approximate surface area is 135 Å². The van der Waals surface area contributed by atoms with Crippen LogP contribution in [0, 0.1) is 5.92 Å². The number of rotatable bonds is 4. The molecule has 0 spiro atoms. The Hall–Kier alpha value is -1.28. The molecule has 0 radical (unpaired) electrons. The van der Waals surface area contributed by atoms with Crippen molar-refractivity contribution in [2.24, 2.45) is 5.92 Å². The zero-order valence-corrected chi connectivity index (χ0v) is 14.1. The lowest BCUT2D eigenvalue weighted by molar-refractivity contribution is 0.242. The molecule has 0 aromatic heterocycles. The molecule has 0 aliphatic heterocycles. The highest BCUT2D eigenvalue weighted by atomic mass is 79.9. The highest BCUT2D eigenvalue weighted by Gasteiger charge is 2.27. The summed E-state index contributed by atoms with van der Waals surface area (Å²) in [5.41, 5.74) is 4.35. The minimum Gasteiger partial charge on any atom is -0.491 e. The second-order valence-corrected chi connectivity index (χ2v) is 7.06. The first kappa shape index (κ1) is 14.6. The van der Waals surface area contributed by atoms with Gasteiger partial charge in [-0.1, -0.05) is 52.3 Å². The third-order valence-corrected chi connectivity index (χ3v) is 5.34. The first-order chi connectivity index (χ1) is 10.1. The van der Waals surface area contributed by atoms with Crippen LogP contribution < -0.4 is 4.74 Å². The van der Waals surface area contributed by atoms with Crippen LogP contribution in [0.5, 0.6) is 5.75 Å². The minimum atomic E-state index is 0.222. The van der Waals surface area contributed by atoms with Gasteiger partial charge in [0, 0.05) is 4.83 Å².